The Kier molecular flexibility index (Phi) is 6.09. The summed E-state index contributed by atoms with van der Waals surface area (Å²) >= 11 is 0. The largest absolute Gasteiger partial charge is 0.352 e. The summed E-state index contributed by atoms with van der Waals surface area (Å²) in [5, 5.41) is 10.9. The van der Waals surface area contributed by atoms with E-state index in [1.54, 1.807) is 28.9 Å². The maximum Gasteiger partial charge on any atom is 0.273 e. The average molecular weight is 466 g/mol. The Hall–Kier alpha value is -4.72. The Balaban J connectivity index is 1.32. The highest BCUT2D eigenvalue weighted by molar-refractivity contribution is 5.80. The SMILES string of the molecule is O=C(CCn1[nH]c(=O)c2ccccc2c1=O)NCc1cn(-c2ccccc2)nc1-c1ccccc1. The van der Waals surface area contributed by atoms with Gasteiger partial charge in [-0.2, -0.15) is 5.10 Å². The number of benzene rings is 3. The Morgan fingerprint density at radius 3 is 2.26 bits per heavy atom. The lowest BCUT2D eigenvalue weighted by molar-refractivity contribution is -0.121. The number of amides is 1. The highest BCUT2D eigenvalue weighted by atomic mass is 16.2. The normalized spacial score (nSPS) is 11.0. The minimum atomic E-state index is -0.360. The van der Waals surface area contributed by atoms with Crippen LogP contribution in [0.4, 0.5) is 0 Å². The van der Waals surface area contributed by atoms with Crippen molar-refractivity contribution in [3.05, 3.63) is 117 Å². The van der Waals surface area contributed by atoms with Gasteiger partial charge in [-0.05, 0) is 24.3 Å². The molecule has 8 nitrogen and oxygen atoms in total. The van der Waals surface area contributed by atoms with Crippen LogP contribution >= 0.6 is 0 Å². The van der Waals surface area contributed by atoms with Crippen molar-refractivity contribution in [2.75, 3.05) is 0 Å². The number of carbonyl (C=O) groups is 1. The molecule has 0 atom stereocenters. The van der Waals surface area contributed by atoms with Gasteiger partial charge in [0, 0.05) is 30.3 Å². The lowest BCUT2D eigenvalue weighted by Gasteiger charge is -2.08. The lowest BCUT2D eigenvalue weighted by atomic mass is 10.1. The Morgan fingerprint density at radius 1 is 0.857 bits per heavy atom. The number of aromatic amines is 1. The van der Waals surface area contributed by atoms with Crippen molar-refractivity contribution >= 4 is 16.7 Å². The molecule has 3 aromatic carbocycles. The zero-order chi connectivity index (χ0) is 24.2. The van der Waals surface area contributed by atoms with Crippen LogP contribution in [0.5, 0.6) is 0 Å². The van der Waals surface area contributed by atoms with Crippen molar-refractivity contribution in [2.24, 2.45) is 0 Å². The number of para-hydroxylation sites is 1. The van der Waals surface area contributed by atoms with Gasteiger partial charge in [-0.1, -0.05) is 60.7 Å². The van der Waals surface area contributed by atoms with Crippen LogP contribution in [0, 0.1) is 0 Å². The molecule has 5 aromatic rings. The molecule has 0 aliphatic carbocycles. The number of aryl methyl sites for hydroxylation is 1. The fourth-order valence-corrected chi connectivity index (χ4v) is 3.99. The molecule has 0 spiro atoms. The molecule has 0 unspecified atom stereocenters. The summed E-state index contributed by atoms with van der Waals surface area (Å²) in [5.74, 6) is -0.239. The maximum absolute atomic E-state index is 12.7. The van der Waals surface area contributed by atoms with E-state index in [-0.39, 0.29) is 36.5 Å². The summed E-state index contributed by atoms with van der Waals surface area (Å²) < 4.78 is 2.98. The summed E-state index contributed by atoms with van der Waals surface area (Å²) in [6, 6.07) is 26.2. The van der Waals surface area contributed by atoms with E-state index in [9.17, 15) is 14.4 Å². The average Bonchev–Trinajstić information content (AvgIpc) is 3.34. The fourth-order valence-electron chi connectivity index (χ4n) is 3.99. The Morgan fingerprint density at radius 2 is 1.51 bits per heavy atom. The van der Waals surface area contributed by atoms with Crippen LogP contribution in [0.15, 0.2) is 101 Å². The first-order valence-corrected chi connectivity index (χ1v) is 11.3. The third-order valence-corrected chi connectivity index (χ3v) is 5.78. The predicted molar refractivity (Wildman–Crippen MR) is 134 cm³/mol. The number of nitrogens with one attached hydrogen (secondary N) is 2. The number of hydrogen-bond donors (Lipinski definition) is 2. The van der Waals surface area contributed by atoms with Crippen LogP contribution in [-0.2, 0) is 17.9 Å². The van der Waals surface area contributed by atoms with Gasteiger partial charge in [0.2, 0.25) is 5.91 Å². The van der Waals surface area contributed by atoms with Crippen molar-refractivity contribution in [2.45, 2.75) is 19.5 Å². The van der Waals surface area contributed by atoms with E-state index in [2.05, 4.69) is 10.4 Å². The number of hydrogen-bond acceptors (Lipinski definition) is 4. The zero-order valence-electron chi connectivity index (χ0n) is 18.8. The number of fused-ring (bicyclic) bond motifs is 1. The molecular formula is C27H23N5O3. The second-order valence-electron chi connectivity index (χ2n) is 8.12. The van der Waals surface area contributed by atoms with Gasteiger partial charge in [0.15, 0.2) is 0 Å². The van der Waals surface area contributed by atoms with Crippen LogP contribution in [0.3, 0.4) is 0 Å². The zero-order valence-corrected chi connectivity index (χ0v) is 18.8. The number of carbonyl (C=O) groups excluding carboxylic acids is 1. The molecule has 0 aliphatic heterocycles. The molecule has 5 rings (SSSR count). The molecule has 0 radical (unpaired) electrons. The number of rotatable bonds is 7. The van der Waals surface area contributed by atoms with Crippen LogP contribution < -0.4 is 16.4 Å². The van der Waals surface area contributed by atoms with Gasteiger partial charge in [0.25, 0.3) is 11.1 Å². The first kappa shape index (κ1) is 22.1. The maximum atomic E-state index is 12.7. The summed E-state index contributed by atoms with van der Waals surface area (Å²) in [4.78, 5) is 37.6. The Bertz CT molecular complexity index is 1600. The van der Waals surface area contributed by atoms with E-state index in [4.69, 9.17) is 5.10 Å². The van der Waals surface area contributed by atoms with Crippen LogP contribution in [-0.4, -0.2) is 25.5 Å². The van der Waals surface area contributed by atoms with Gasteiger partial charge in [-0.25, -0.2) is 9.36 Å². The second-order valence-corrected chi connectivity index (χ2v) is 8.12. The van der Waals surface area contributed by atoms with E-state index in [0.29, 0.717) is 10.8 Å². The van der Waals surface area contributed by atoms with Crippen molar-refractivity contribution in [3.8, 4) is 16.9 Å². The topological polar surface area (TPSA) is 102 Å². The molecule has 0 bridgehead atoms. The van der Waals surface area contributed by atoms with E-state index in [1.807, 2.05) is 66.9 Å². The summed E-state index contributed by atoms with van der Waals surface area (Å²) in [7, 11) is 0. The molecule has 2 aromatic heterocycles. The minimum Gasteiger partial charge on any atom is -0.352 e. The molecule has 0 fully saturated rings. The molecular weight excluding hydrogens is 442 g/mol. The van der Waals surface area contributed by atoms with E-state index in [1.165, 1.54) is 4.68 Å². The monoisotopic (exact) mass is 465 g/mol. The fraction of sp³-hybridized carbons (Fsp3) is 0.111. The number of aromatic nitrogens is 4. The van der Waals surface area contributed by atoms with Gasteiger partial charge < -0.3 is 5.32 Å². The molecule has 0 aliphatic rings. The van der Waals surface area contributed by atoms with E-state index < -0.39 is 0 Å². The quantitative estimate of drug-likeness (QED) is 0.385. The van der Waals surface area contributed by atoms with Crippen LogP contribution in [0.25, 0.3) is 27.7 Å². The van der Waals surface area contributed by atoms with Crippen LogP contribution in [0.2, 0.25) is 0 Å². The summed E-state index contributed by atoms with van der Waals surface area (Å²) in [6.45, 7) is 0.346. The highest BCUT2D eigenvalue weighted by Gasteiger charge is 2.14. The van der Waals surface area contributed by atoms with Crippen molar-refractivity contribution in [1.82, 2.24) is 24.9 Å². The van der Waals surface area contributed by atoms with E-state index >= 15 is 0 Å². The third kappa shape index (κ3) is 4.67. The van der Waals surface area contributed by atoms with Crippen LogP contribution in [0.1, 0.15) is 12.0 Å². The standard InChI is InChI=1S/C27H23N5O3/c33-24(15-16-31-27(35)23-14-8-7-13-22(23)26(34)30-31)28-17-20-18-32(21-11-5-2-6-12-21)29-25(20)19-9-3-1-4-10-19/h1-14,18H,15-17H2,(H,28,33)(H,30,34). The van der Waals surface area contributed by atoms with E-state index in [0.717, 1.165) is 22.5 Å². The van der Waals surface area contributed by atoms with Gasteiger partial charge in [-0.15, -0.1) is 0 Å². The summed E-state index contributed by atoms with van der Waals surface area (Å²) in [5.41, 5.74) is 2.83. The number of nitrogens with zero attached hydrogens (tertiary/aromatic N) is 3. The highest BCUT2D eigenvalue weighted by Crippen LogP contribution is 2.23. The first-order chi connectivity index (χ1) is 17.1. The minimum absolute atomic E-state index is 0.0433. The molecule has 2 heterocycles. The molecule has 1 amide bonds. The van der Waals surface area contributed by atoms with Gasteiger partial charge in [0.1, 0.15) is 0 Å². The lowest BCUT2D eigenvalue weighted by Crippen LogP contribution is -2.32. The van der Waals surface area contributed by atoms with Gasteiger partial charge in [0.05, 0.1) is 28.7 Å². The molecule has 35 heavy (non-hydrogen) atoms. The van der Waals surface area contributed by atoms with Gasteiger partial charge in [-0.3, -0.25) is 19.5 Å². The Labute approximate surface area is 200 Å². The molecule has 8 heteroatoms. The molecule has 2 N–H and O–H groups in total. The molecule has 0 saturated heterocycles. The smallest absolute Gasteiger partial charge is 0.273 e. The molecule has 0 saturated carbocycles. The second kappa shape index (κ2) is 9.64. The first-order valence-electron chi connectivity index (χ1n) is 11.3. The predicted octanol–water partition coefficient (Wildman–Crippen LogP) is 3.25. The third-order valence-electron chi connectivity index (χ3n) is 5.78. The van der Waals surface area contributed by atoms with Crippen molar-refractivity contribution in [3.63, 3.8) is 0 Å². The van der Waals surface area contributed by atoms with Crippen molar-refractivity contribution < 1.29 is 4.79 Å². The molecule has 174 valence electrons. The summed E-state index contributed by atoms with van der Waals surface area (Å²) in [6.07, 6.45) is 1.95. The van der Waals surface area contributed by atoms with Gasteiger partial charge >= 0.3 is 0 Å². The number of H-pyrrole nitrogens is 1. The van der Waals surface area contributed by atoms with Crippen molar-refractivity contribution in [1.29, 1.82) is 0 Å².